The molecule has 2 aromatic carbocycles. The van der Waals surface area contributed by atoms with Crippen molar-refractivity contribution in [3.05, 3.63) is 53.8 Å². The van der Waals surface area contributed by atoms with Crippen molar-refractivity contribution >= 4 is 21.6 Å². The molecular weight excluding hydrogens is 449 g/mol. The summed E-state index contributed by atoms with van der Waals surface area (Å²) in [5.74, 6) is -0.234. The molecule has 180 valence electrons. The molecule has 33 heavy (non-hydrogen) atoms. The first-order valence-electron chi connectivity index (χ1n) is 10.8. The summed E-state index contributed by atoms with van der Waals surface area (Å²) in [6.45, 7) is 4.58. The largest absolute Gasteiger partial charge is 0.488 e. The third-order valence-electron chi connectivity index (χ3n) is 5.70. The van der Waals surface area contributed by atoms with Gasteiger partial charge in [-0.25, -0.2) is 12.8 Å². The maximum absolute atomic E-state index is 13.2. The predicted octanol–water partition coefficient (Wildman–Crippen LogP) is 1.99. The number of hydrogen-bond donors (Lipinski definition) is 3. The number of likely N-dealkylation sites (N-methyl/N-ethyl adjacent to an activating group) is 1. The van der Waals surface area contributed by atoms with Gasteiger partial charge in [-0.2, -0.15) is 0 Å². The number of hydrogen-bond acceptors (Lipinski definition) is 6. The van der Waals surface area contributed by atoms with Crippen LogP contribution in [0.4, 0.5) is 10.1 Å². The normalized spacial score (nSPS) is 20.2. The average Bonchev–Trinajstić information content (AvgIpc) is 2.81. The molecule has 0 fully saturated rings. The Balaban J connectivity index is 1.95. The van der Waals surface area contributed by atoms with Crippen molar-refractivity contribution in [2.45, 2.75) is 37.3 Å². The second kappa shape index (κ2) is 10.5. The van der Waals surface area contributed by atoms with Gasteiger partial charge in [0.25, 0.3) is 10.0 Å². The lowest BCUT2D eigenvalue weighted by atomic mass is 10.0. The van der Waals surface area contributed by atoms with Gasteiger partial charge in [0.1, 0.15) is 17.7 Å². The Morgan fingerprint density at radius 2 is 1.94 bits per heavy atom. The second-order valence-electron chi connectivity index (χ2n) is 8.33. The van der Waals surface area contributed by atoms with Crippen molar-refractivity contribution in [2.75, 3.05) is 31.5 Å². The highest BCUT2D eigenvalue weighted by atomic mass is 32.2. The minimum Gasteiger partial charge on any atom is -0.488 e. The fourth-order valence-corrected chi connectivity index (χ4v) is 4.82. The fraction of sp³-hybridized carbons (Fsp3) is 0.435. The molecule has 0 saturated carbocycles. The van der Waals surface area contributed by atoms with Crippen LogP contribution in [0.15, 0.2) is 47.4 Å². The molecule has 3 rings (SSSR count). The van der Waals surface area contributed by atoms with Crippen molar-refractivity contribution in [2.24, 2.45) is 5.92 Å². The van der Waals surface area contributed by atoms with Gasteiger partial charge in [-0.15, -0.1) is 0 Å². The Kier molecular flexibility index (Phi) is 7.93. The molecule has 1 heterocycles. The maximum Gasteiger partial charge on any atom is 0.261 e. The third-order valence-corrected chi connectivity index (χ3v) is 7.10. The number of fused-ring (bicyclic) bond motifs is 1. The topological polar surface area (TPSA) is 108 Å². The zero-order valence-electron chi connectivity index (χ0n) is 18.9. The lowest BCUT2D eigenvalue weighted by Gasteiger charge is -2.32. The molecule has 0 aliphatic carbocycles. The van der Waals surface area contributed by atoms with Crippen LogP contribution < -0.4 is 14.8 Å². The molecule has 1 aliphatic rings. The molecular formula is C23H30FN3O5S. The summed E-state index contributed by atoms with van der Waals surface area (Å²) in [6.07, 6.45) is -0.250. The van der Waals surface area contributed by atoms with Crippen LogP contribution in [0, 0.1) is 11.7 Å². The van der Waals surface area contributed by atoms with Crippen LogP contribution in [-0.2, 0) is 21.2 Å². The van der Waals surface area contributed by atoms with Crippen LogP contribution in [0.1, 0.15) is 19.4 Å². The summed E-state index contributed by atoms with van der Waals surface area (Å²) in [5, 5.41) is 12.8. The van der Waals surface area contributed by atoms with E-state index >= 15 is 0 Å². The minimum absolute atomic E-state index is 0.00914. The number of carbonyl (C=O) groups excluding carboxylic acids is 1. The fourth-order valence-electron chi connectivity index (χ4n) is 3.77. The van der Waals surface area contributed by atoms with Crippen LogP contribution in [-0.4, -0.2) is 63.2 Å². The first-order valence-corrected chi connectivity index (χ1v) is 12.3. The van der Waals surface area contributed by atoms with Crippen LogP contribution in [0.3, 0.4) is 0 Å². The van der Waals surface area contributed by atoms with E-state index < -0.39 is 15.8 Å². The number of anilines is 1. The quantitative estimate of drug-likeness (QED) is 0.561. The second-order valence-corrected chi connectivity index (χ2v) is 10.0. The molecule has 1 aliphatic heterocycles. The van der Waals surface area contributed by atoms with Crippen molar-refractivity contribution in [3.63, 3.8) is 0 Å². The number of halogens is 1. The first kappa shape index (κ1) is 24.9. The van der Waals surface area contributed by atoms with E-state index in [1.54, 1.807) is 30.0 Å². The monoisotopic (exact) mass is 479 g/mol. The summed E-state index contributed by atoms with van der Waals surface area (Å²) in [4.78, 5) is 14.7. The number of aliphatic hydroxyl groups excluding tert-OH is 1. The third kappa shape index (κ3) is 6.01. The molecule has 0 unspecified atom stereocenters. The van der Waals surface area contributed by atoms with Gasteiger partial charge >= 0.3 is 0 Å². The van der Waals surface area contributed by atoms with Crippen molar-refractivity contribution in [1.82, 2.24) is 10.2 Å². The number of nitrogens with one attached hydrogen (secondary N) is 2. The van der Waals surface area contributed by atoms with Crippen LogP contribution in [0.5, 0.6) is 5.75 Å². The Hall–Kier alpha value is -2.69. The molecule has 3 N–H and O–H groups in total. The molecule has 10 heteroatoms. The van der Waals surface area contributed by atoms with E-state index in [1.807, 2.05) is 14.0 Å². The minimum atomic E-state index is -3.95. The van der Waals surface area contributed by atoms with Gasteiger partial charge in [-0.05, 0) is 56.4 Å². The Labute approximate surface area is 193 Å². The number of aliphatic hydroxyl groups is 1. The lowest BCUT2D eigenvalue weighted by molar-refractivity contribution is -0.134. The summed E-state index contributed by atoms with van der Waals surface area (Å²) >= 11 is 0. The van der Waals surface area contributed by atoms with Crippen LogP contribution in [0.2, 0.25) is 0 Å². The predicted molar refractivity (Wildman–Crippen MR) is 123 cm³/mol. The van der Waals surface area contributed by atoms with Gasteiger partial charge in [-0.3, -0.25) is 9.52 Å². The standard InChI is InChI=1S/C23H30FN3O5S/c1-15-13-27(16(2)14-28)23(29)11-17-10-19(6-9-21(17)32-22(15)12-25-3)26-33(30,31)20-7-4-18(24)5-8-20/h4-10,15-16,22,25-26,28H,11-14H2,1-3H3/t15-,16-,22-/m1/s1. The summed E-state index contributed by atoms with van der Waals surface area (Å²) in [5.41, 5.74) is 0.790. The maximum atomic E-state index is 13.2. The first-order chi connectivity index (χ1) is 15.6. The van der Waals surface area contributed by atoms with Gasteiger partial charge in [0.2, 0.25) is 5.91 Å². The molecule has 0 radical (unpaired) electrons. The van der Waals surface area contributed by atoms with Gasteiger partial charge in [0.15, 0.2) is 0 Å². The van der Waals surface area contributed by atoms with Gasteiger partial charge in [-0.1, -0.05) is 6.92 Å². The number of sulfonamides is 1. The number of ether oxygens (including phenoxy) is 1. The number of carbonyl (C=O) groups is 1. The molecule has 0 aromatic heterocycles. The zero-order chi connectivity index (χ0) is 24.2. The number of nitrogens with zero attached hydrogens (tertiary/aromatic N) is 1. The molecule has 3 atom stereocenters. The van der Waals surface area contributed by atoms with E-state index in [0.717, 1.165) is 12.1 Å². The van der Waals surface area contributed by atoms with E-state index in [9.17, 15) is 22.7 Å². The summed E-state index contributed by atoms with van der Waals surface area (Å²) in [7, 11) is -2.13. The lowest BCUT2D eigenvalue weighted by Crippen LogP contribution is -2.47. The van der Waals surface area contributed by atoms with Gasteiger partial charge in [0, 0.05) is 30.3 Å². The van der Waals surface area contributed by atoms with E-state index in [4.69, 9.17) is 4.74 Å². The Bertz CT molecular complexity index is 1080. The Morgan fingerprint density at radius 3 is 2.58 bits per heavy atom. The van der Waals surface area contributed by atoms with Crippen LogP contribution in [0.25, 0.3) is 0 Å². The molecule has 8 nitrogen and oxygen atoms in total. The van der Waals surface area contributed by atoms with E-state index in [2.05, 4.69) is 10.0 Å². The average molecular weight is 480 g/mol. The number of benzene rings is 2. The smallest absolute Gasteiger partial charge is 0.261 e. The summed E-state index contributed by atoms with van der Waals surface area (Å²) in [6, 6.07) is 8.93. The highest BCUT2D eigenvalue weighted by Crippen LogP contribution is 2.29. The molecule has 1 amide bonds. The van der Waals surface area contributed by atoms with E-state index in [0.29, 0.717) is 24.4 Å². The highest BCUT2D eigenvalue weighted by molar-refractivity contribution is 7.92. The van der Waals surface area contributed by atoms with Crippen LogP contribution >= 0.6 is 0 Å². The number of rotatable bonds is 7. The van der Waals surface area contributed by atoms with Crippen molar-refractivity contribution in [1.29, 1.82) is 0 Å². The zero-order valence-corrected chi connectivity index (χ0v) is 19.7. The highest BCUT2D eigenvalue weighted by Gasteiger charge is 2.30. The van der Waals surface area contributed by atoms with Crippen molar-refractivity contribution < 1.29 is 27.4 Å². The Morgan fingerprint density at radius 1 is 1.24 bits per heavy atom. The molecule has 0 spiro atoms. The SMILES string of the molecule is CNC[C@H]1Oc2ccc(NS(=O)(=O)c3ccc(F)cc3)cc2CC(=O)N([C@H](C)CO)C[C@H]1C. The molecule has 0 bridgehead atoms. The molecule has 2 aromatic rings. The van der Waals surface area contributed by atoms with Gasteiger partial charge < -0.3 is 20.1 Å². The van der Waals surface area contributed by atoms with Crippen molar-refractivity contribution in [3.8, 4) is 5.75 Å². The number of amides is 1. The van der Waals surface area contributed by atoms with E-state index in [-0.39, 0.29) is 47.6 Å². The summed E-state index contributed by atoms with van der Waals surface area (Å²) < 4.78 is 47.3. The molecule has 0 saturated heterocycles. The van der Waals surface area contributed by atoms with Gasteiger partial charge in [0.05, 0.1) is 24.0 Å². The van der Waals surface area contributed by atoms with E-state index in [1.165, 1.54) is 12.1 Å².